The van der Waals surface area contributed by atoms with Crippen molar-refractivity contribution in [1.29, 1.82) is 0 Å². The smallest absolute Gasteiger partial charge is 0.0893 e. The molecule has 1 heterocycles. The Bertz CT molecular complexity index is 411. The zero-order valence-corrected chi connectivity index (χ0v) is 10.6. The third-order valence-electron chi connectivity index (χ3n) is 2.20. The van der Waals surface area contributed by atoms with Crippen molar-refractivity contribution >= 4 is 23.3 Å². The van der Waals surface area contributed by atoms with Crippen LogP contribution in [0.5, 0.6) is 0 Å². The molecule has 0 unspecified atom stereocenters. The van der Waals surface area contributed by atoms with Gasteiger partial charge in [0.25, 0.3) is 0 Å². The second-order valence-corrected chi connectivity index (χ2v) is 4.84. The fourth-order valence-electron chi connectivity index (χ4n) is 1.34. The molecule has 2 aromatic rings. The maximum atomic E-state index is 3.98. The molecule has 0 aliphatic heterocycles. The van der Waals surface area contributed by atoms with Gasteiger partial charge < -0.3 is 5.32 Å². The number of hydrogen-bond acceptors (Lipinski definition) is 5. The Kier molecular flexibility index (Phi) is 4.33. The van der Waals surface area contributed by atoms with Crippen LogP contribution in [0.2, 0.25) is 0 Å². The number of nitrogens with one attached hydrogen (secondary N) is 1. The normalized spacial score (nSPS) is 10.6. The van der Waals surface area contributed by atoms with Gasteiger partial charge in [0.1, 0.15) is 0 Å². The zero-order valence-electron chi connectivity index (χ0n) is 9.01. The van der Waals surface area contributed by atoms with E-state index in [1.165, 1.54) is 22.0 Å². The highest BCUT2D eigenvalue weighted by atomic mass is 32.2. The van der Waals surface area contributed by atoms with Crippen molar-refractivity contribution in [2.75, 3.05) is 6.26 Å². The van der Waals surface area contributed by atoms with Gasteiger partial charge in [-0.1, -0.05) is 16.6 Å². The Labute approximate surface area is 103 Å². The fraction of sp³-hybridized carbons (Fsp3) is 0.273. The Morgan fingerprint density at radius 3 is 2.69 bits per heavy atom. The second-order valence-electron chi connectivity index (χ2n) is 3.35. The Morgan fingerprint density at radius 1 is 1.25 bits per heavy atom. The largest absolute Gasteiger partial charge is 0.307 e. The monoisotopic (exact) mass is 251 g/mol. The van der Waals surface area contributed by atoms with Crippen LogP contribution in [0.25, 0.3) is 0 Å². The molecule has 5 heteroatoms. The van der Waals surface area contributed by atoms with Crippen LogP contribution in [0.1, 0.15) is 11.3 Å². The number of nitrogens with zero attached hydrogens (tertiary/aromatic N) is 2. The Hall–Kier alpha value is -0.910. The molecule has 2 rings (SSSR count). The lowest BCUT2D eigenvalue weighted by Gasteiger charge is -2.03. The van der Waals surface area contributed by atoms with Gasteiger partial charge in [0.2, 0.25) is 0 Å². The summed E-state index contributed by atoms with van der Waals surface area (Å²) in [5.41, 5.74) is 2.30. The van der Waals surface area contributed by atoms with E-state index in [4.69, 9.17) is 0 Å². The summed E-state index contributed by atoms with van der Waals surface area (Å²) in [6, 6.07) is 8.59. The predicted molar refractivity (Wildman–Crippen MR) is 68.7 cm³/mol. The minimum atomic E-state index is 0.779. The molecule has 0 bridgehead atoms. The van der Waals surface area contributed by atoms with Crippen molar-refractivity contribution < 1.29 is 0 Å². The van der Waals surface area contributed by atoms with E-state index in [0.29, 0.717) is 0 Å². The van der Waals surface area contributed by atoms with Gasteiger partial charge in [-0.3, -0.25) is 0 Å². The van der Waals surface area contributed by atoms with Gasteiger partial charge in [-0.15, -0.1) is 16.9 Å². The van der Waals surface area contributed by atoms with Crippen LogP contribution in [0.15, 0.2) is 34.5 Å². The molecule has 0 fully saturated rings. The highest BCUT2D eigenvalue weighted by Crippen LogP contribution is 2.14. The van der Waals surface area contributed by atoms with Crippen molar-refractivity contribution in [1.82, 2.24) is 14.9 Å². The summed E-state index contributed by atoms with van der Waals surface area (Å²) < 4.78 is 3.82. The molecular formula is C11H13N3S2. The molecule has 0 atom stereocenters. The summed E-state index contributed by atoms with van der Waals surface area (Å²) in [7, 11) is 0. The van der Waals surface area contributed by atoms with Crippen molar-refractivity contribution in [2.45, 2.75) is 18.0 Å². The minimum absolute atomic E-state index is 0.779. The fourth-order valence-corrected chi connectivity index (χ4v) is 2.20. The van der Waals surface area contributed by atoms with Gasteiger partial charge in [-0.2, -0.15) is 0 Å². The summed E-state index contributed by atoms with van der Waals surface area (Å²) in [5, 5.41) is 9.28. The van der Waals surface area contributed by atoms with Crippen LogP contribution in [-0.4, -0.2) is 15.8 Å². The van der Waals surface area contributed by atoms with E-state index in [0.717, 1.165) is 18.8 Å². The molecule has 0 saturated carbocycles. The van der Waals surface area contributed by atoms with Crippen LogP contribution in [0, 0.1) is 0 Å². The van der Waals surface area contributed by atoms with Crippen molar-refractivity contribution in [3.63, 3.8) is 0 Å². The molecule has 0 saturated heterocycles. The van der Waals surface area contributed by atoms with Crippen LogP contribution < -0.4 is 5.32 Å². The maximum Gasteiger partial charge on any atom is 0.0893 e. The van der Waals surface area contributed by atoms with E-state index in [-0.39, 0.29) is 0 Å². The SMILES string of the molecule is CSc1ccc(CNCc2csnn2)cc1. The first-order valence-corrected chi connectivity index (χ1v) is 7.04. The molecule has 3 nitrogen and oxygen atoms in total. The lowest BCUT2D eigenvalue weighted by molar-refractivity contribution is 0.677. The van der Waals surface area contributed by atoms with Gasteiger partial charge in [0, 0.05) is 23.4 Å². The molecular weight excluding hydrogens is 238 g/mol. The van der Waals surface area contributed by atoms with Gasteiger partial charge in [-0.25, -0.2) is 0 Å². The molecule has 0 radical (unpaired) electrons. The number of rotatable bonds is 5. The first kappa shape index (κ1) is 11.6. The van der Waals surface area contributed by atoms with Crippen molar-refractivity contribution in [3.05, 3.63) is 40.9 Å². The number of thioether (sulfide) groups is 1. The van der Waals surface area contributed by atoms with E-state index in [2.05, 4.69) is 45.4 Å². The molecule has 0 aliphatic carbocycles. The van der Waals surface area contributed by atoms with E-state index >= 15 is 0 Å². The van der Waals surface area contributed by atoms with Gasteiger partial charge in [-0.05, 0) is 35.5 Å². The summed E-state index contributed by atoms with van der Waals surface area (Å²) in [4.78, 5) is 1.30. The van der Waals surface area contributed by atoms with Gasteiger partial charge >= 0.3 is 0 Å². The number of aromatic nitrogens is 2. The first-order chi connectivity index (χ1) is 7.88. The molecule has 0 aliphatic rings. The minimum Gasteiger partial charge on any atom is -0.307 e. The summed E-state index contributed by atoms with van der Waals surface area (Å²) in [5.74, 6) is 0. The third-order valence-corrected chi connectivity index (χ3v) is 3.50. The van der Waals surface area contributed by atoms with Crippen molar-refractivity contribution in [2.24, 2.45) is 0 Å². The lowest BCUT2D eigenvalue weighted by Crippen LogP contribution is -2.12. The topological polar surface area (TPSA) is 37.8 Å². The quantitative estimate of drug-likeness (QED) is 0.829. The number of hydrogen-bond donors (Lipinski definition) is 1. The van der Waals surface area contributed by atoms with Crippen molar-refractivity contribution in [3.8, 4) is 0 Å². The van der Waals surface area contributed by atoms with E-state index in [1.807, 2.05) is 5.38 Å². The van der Waals surface area contributed by atoms with Crippen LogP contribution >= 0.6 is 23.3 Å². The van der Waals surface area contributed by atoms with E-state index in [1.54, 1.807) is 11.8 Å². The standard InChI is InChI=1S/C11H13N3S2/c1-15-11-4-2-9(3-5-11)6-12-7-10-8-16-14-13-10/h2-5,8,12H,6-7H2,1H3. The third kappa shape index (κ3) is 3.30. The molecule has 1 N–H and O–H groups in total. The van der Waals surface area contributed by atoms with Gasteiger partial charge in [0.05, 0.1) is 5.69 Å². The molecule has 0 spiro atoms. The van der Waals surface area contributed by atoms with E-state index < -0.39 is 0 Å². The van der Waals surface area contributed by atoms with Gasteiger partial charge in [0.15, 0.2) is 0 Å². The zero-order chi connectivity index (χ0) is 11.2. The molecule has 84 valence electrons. The summed E-state index contributed by atoms with van der Waals surface area (Å²) in [6.45, 7) is 1.65. The summed E-state index contributed by atoms with van der Waals surface area (Å²) in [6.07, 6.45) is 2.09. The Morgan fingerprint density at radius 2 is 2.06 bits per heavy atom. The van der Waals surface area contributed by atoms with Crippen LogP contribution in [0.4, 0.5) is 0 Å². The predicted octanol–water partition coefficient (Wildman–Crippen LogP) is 2.55. The summed E-state index contributed by atoms with van der Waals surface area (Å²) >= 11 is 3.15. The average Bonchev–Trinajstić information content (AvgIpc) is 2.83. The van der Waals surface area contributed by atoms with E-state index in [9.17, 15) is 0 Å². The lowest BCUT2D eigenvalue weighted by atomic mass is 10.2. The maximum absolute atomic E-state index is 3.98. The van der Waals surface area contributed by atoms with Crippen LogP contribution in [-0.2, 0) is 13.1 Å². The highest BCUT2D eigenvalue weighted by molar-refractivity contribution is 7.98. The molecule has 1 aromatic heterocycles. The molecule has 1 aromatic carbocycles. The number of benzene rings is 1. The molecule has 16 heavy (non-hydrogen) atoms. The average molecular weight is 251 g/mol. The highest BCUT2D eigenvalue weighted by Gasteiger charge is 1.96. The first-order valence-electron chi connectivity index (χ1n) is 4.98. The Balaban J connectivity index is 1.81. The van der Waals surface area contributed by atoms with Crippen LogP contribution in [0.3, 0.4) is 0 Å². The second kappa shape index (κ2) is 5.98. The molecule has 0 amide bonds.